The fraction of sp³-hybridized carbons (Fsp3) is 0.125. The highest BCUT2D eigenvalue weighted by molar-refractivity contribution is 7.71. The second-order valence-corrected chi connectivity index (χ2v) is 6.83. The minimum absolute atomic E-state index is 0.0797. The molecular weight excluding hydrogens is 388 g/mol. The Hall–Kier alpha value is -3.18. The SMILES string of the molecule is C=CCn1c(-c2sc(NC(=O)c3ccc([N+](=O)[O-])cc3)nc2C)n[nH]c1=S. The van der Waals surface area contributed by atoms with Gasteiger partial charge in [-0.25, -0.2) is 4.98 Å². The number of aromatic nitrogens is 4. The number of anilines is 1. The van der Waals surface area contributed by atoms with Crippen molar-refractivity contribution in [2.45, 2.75) is 13.5 Å². The molecule has 0 saturated carbocycles. The number of allylic oxidation sites excluding steroid dienone is 1. The second-order valence-electron chi connectivity index (χ2n) is 5.44. The summed E-state index contributed by atoms with van der Waals surface area (Å²) >= 11 is 6.48. The lowest BCUT2D eigenvalue weighted by Crippen LogP contribution is -2.11. The van der Waals surface area contributed by atoms with Crippen molar-refractivity contribution in [2.75, 3.05) is 5.32 Å². The summed E-state index contributed by atoms with van der Waals surface area (Å²) in [5, 5.41) is 20.8. The van der Waals surface area contributed by atoms with Gasteiger partial charge in [-0.05, 0) is 31.3 Å². The van der Waals surface area contributed by atoms with Crippen LogP contribution < -0.4 is 5.32 Å². The van der Waals surface area contributed by atoms with Gasteiger partial charge in [0.2, 0.25) is 0 Å². The quantitative estimate of drug-likeness (QED) is 0.281. The van der Waals surface area contributed by atoms with E-state index in [4.69, 9.17) is 12.2 Å². The van der Waals surface area contributed by atoms with Gasteiger partial charge in [0.05, 0.1) is 15.5 Å². The molecule has 0 saturated heterocycles. The van der Waals surface area contributed by atoms with Gasteiger partial charge in [-0.15, -0.1) is 6.58 Å². The van der Waals surface area contributed by atoms with Crippen LogP contribution in [-0.4, -0.2) is 30.6 Å². The fourth-order valence-electron chi connectivity index (χ4n) is 2.35. The van der Waals surface area contributed by atoms with Crippen molar-refractivity contribution in [2.24, 2.45) is 0 Å². The van der Waals surface area contributed by atoms with E-state index < -0.39 is 10.8 Å². The van der Waals surface area contributed by atoms with E-state index in [0.717, 1.165) is 4.88 Å². The molecule has 9 nitrogen and oxygen atoms in total. The molecule has 1 amide bonds. The first-order valence-corrected chi connectivity index (χ1v) is 8.93. The van der Waals surface area contributed by atoms with Crippen molar-refractivity contribution in [3.63, 3.8) is 0 Å². The molecule has 3 rings (SSSR count). The second kappa shape index (κ2) is 7.60. The molecule has 2 aromatic heterocycles. The number of nitrogens with zero attached hydrogens (tertiary/aromatic N) is 4. The van der Waals surface area contributed by atoms with Crippen molar-refractivity contribution in [1.29, 1.82) is 0 Å². The molecule has 11 heteroatoms. The smallest absolute Gasteiger partial charge is 0.269 e. The minimum atomic E-state index is -0.520. The lowest BCUT2D eigenvalue weighted by atomic mass is 10.2. The molecule has 0 bridgehead atoms. The van der Waals surface area contributed by atoms with Crippen LogP contribution in [0.15, 0.2) is 36.9 Å². The Bertz CT molecular complexity index is 1080. The van der Waals surface area contributed by atoms with E-state index in [1.165, 1.54) is 35.6 Å². The maximum atomic E-state index is 12.4. The highest BCUT2D eigenvalue weighted by Gasteiger charge is 2.18. The molecular formula is C16H14N6O3S2. The van der Waals surface area contributed by atoms with Gasteiger partial charge in [-0.3, -0.25) is 29.9 Å². The fourth-order valence-corrected chi connectivity index (χ4v) is 3.52. The summed E-state index contributed by atoms with van der Waals surface area (Å²) in [6, 6.07) is 5.34. The average Bonchev–Trinajstić information content (AvgIpc) is 3.18. The number of non-ortho nitro benzene ring substituents is 1. The van der Waals surface area contributed by atoms with Crippen LogP contribution >= 0.6 is 23.6 Å². The molecule has 27 heavy (non-hydrogen) atoms. The summed E-state index contributed by atoms with van der Waals surface area (Å²) in [6.07, 6.45) is 1.71. The molecule has 3 aromatic rings. The number of aromatic amines is 1. The highest BCUT2D eigenvalue weighted by Crippen LogP contribution is 2.32. The number of aryl methyl sites for hydroxylation is 1. The van der Waals surface area contributed by atoms with E-state index >= 15 is 0 Å². The Labute approximate surface area is 162 Å². The van der Waals surface area contributed by atoms with Crippen LogP contribution in [0, 0.1) is 21.8 Å². The average molecular weight is 402 g/mol. The van der Waals surface area contributed by atoms with Crippen molar-refractivity contribution in [1.82, 2.24) is 19.7 Å². The standard InChI is InChI=1S/C16H14N6O3S2/c1-3-8-21-13(19-20-16(21)26)12-9(2)17-15(27-12)18-14(23)10-4-6-11(7-5-10)22(24)25/h3-7H,1,8H2,2H3,(H,20,26)(H,17,18,23). The number of thiazole rings is 1. The normalized spacial score (nSPS) is 10.6. The molecule has 0 aliphatic rings. The number of carbonyl (C=O) groups is 1. The molecule has 0 atom stereocenters. The predicted molar refractivity (Wildman–Crippen MR) is 105 cm³/mol. The van der Waals surface area contributed by atoms with Gasteiger partial charge in [-0.2, -0.15) is 5.10 Å². The zero-order valence-corrected chi connectivity index (χ0v) is 15.8. The number of nitro benzene ring substituents is 1. The van der Waals surface area contributed by atoms with Gasteiger partial charge < -0.3 is 0 Å². The molecule has 0 unspecified atom stereocenters. The monoisotopic (exact) mass is 402 g/mol. The number of carbonyl (C=O) groups excluding carboxylic acids is 1. The maximum Gasteiger partial charge on any atom is 0.269 e. The van der Waals surface area contributed by atoms with Crippen LogP contribution in [0.25, 0.3) is 10.7 Å². The largest absolute Gasteiger partial charge is 0.298 e. The third kappa shape index (κ3) is 3.83. The van der Waals surface area contributed by atoms with Crippen molar-refractivity contribution in [3.8, 4) is 10.7 Å². The number of nitrogens with one attached hydrogen (secondary N) is 2. The Morgan fingerprint density at radius 2 is 2.19 bits per heavy atom. The van der Waals surface area contributed by atoms with Gasteiger partial charge in [-0.1, -0.05) is 17.4 Å². The summed E-state index contributed by atoms with van der Waals surface area (Å²) in [5.74, 6) is 0.209. The zero-order chi connectivity index (χ0) is 19.6. The van der Waals surface area contributed by atoms with Crippen LogP contribution in [0.4, 0.5) is 10.8 Å². The van der Waals surface area contributed by atoms with Gasteiger partial charge in [0, 0.05) is 24.2 Å². The van der Waals surface area contributed by atoms with E-state index in [1.54, 1.807) is 10.6 Å². The number of hydrogen-bond donors (Lipinski definition) is 2. The Kier molecular flexibility index (Phi) is 5.23. The molecule has 2 N–H and O–H groups in total. The molecule has 2 heterocycles. The Morgan fingerprint density at radius 3 is 2.81 bits per heavy atom. The van der Waals surface area contributed by atoms with Gasteiger partial charge in [0.25, 0.3) is 11.6 Å². The number of benzene rings is 1. The molecule has 1 aromatic carbocycles. The van der Waals surface area contributed by atoms with Crippen LogP contribution in [0.1, 0.15) is 16.1 Å². The van der Waals surface area contributed by atoms with Gasteiger partial charge in [0.1, 0.15) is 0 Å². The minimum Gasteiger partial charge on any atom is -0.298 e. The molecule has 0 radical (unpaired) electrons. The lowest BCUT2D eigenvalue weighted by molar-refractivity contribution is -0.384. The summed E-state index contributed by atoms with van der Waals surface area (Å²) < 4.78 is 2.25. The Morgan fingerprint density at radius 1 is 1.48 bits per heavy atom. The van der Waals surface area contributed by atoms with Crippen LogP contribution in [0.3, 0.4) is 0 Å². The number of amides is 1. The lowest BCUT2D eigenvalue weighted by Gasteiger charge is -2.02. The van der Waals surface area contributed by atoms with Gasteiger partial charge >= 0.3 is 0 Å². The summed E-state index contributed by atoms with van der Waals surface area (Å²) in [7, 11) is 0. The zero-order valence-electron chi connectivity index (χ0n) is 14.1. The molecule has 0 aliphatic carbocycles. The third-order valence-corrected chi connectivity index (χ3v) is 5.01. The maximum absolute atomic E-state index is 12.4. The van der Waals surface area contributed by atoms with Crippen molar-refractivity contribution >= 4 is 40.3 Å². The first kappa shape index (κ1) is 18.6. The predicted octanol–water partition coefficient (Wildman–Crippen LogP) is 3.72. The topological polar surface area (TPSA) is 119 Å². The van der Waals surface area contributed by atoms with Crippen molar-refractivity contribution in [3.05, 3.63) is 63.1 Å². The van der Waals surface area contributed by atoms with Crippen LogP contribution in [0.5, 0.6) is 0 Å². The molecule has 0 fully saturated rings. The van der Waals surface area contributed by atoms with Crippen molar-refractivity contribution < 1.29 is 9.72 Å². The molecule has 0 aliphatic heterocycles. The first-order valence-electron chi connectivity index (χ1n) is 7.70. The number of hydrogen-bond acceptors (Lipinski definition) is 7. The molecule has 0 spiro atoms. The van der Waals surface area contributed by atoms with Crippen LogP contribution in [0.2, 0.25) is 0 Å². The third-order valence-electron chi connectivity index (χ3n) is 3.63. The summed E-state index contributed by atoms with van der Waals surface area (Å²) in [6.45, 7) is 6.01. The van der Waals surface area contributed by atoms with E-state index in [2.05, 4.69) is 27.1 Å². The summed E-state index contributed by atoms with van der Waals surface area (Å²) in [5.41, 5.74) is 0.909. The van der Waals surface area contributed by atoms with E-state index in [9.17, 15) is 14.9 Å². The molecule has 138 valence electrons. The van der Waals surface area contributed by atoms with E-state index in [-0.39, 0.29) is 5.69 Å². The summed E-state index contributed by atoms with van der Waals surface area (Å²) in [4.78, 5) is 27.7. The number of rotatable bonds is 6. The Balaban J connectivity index is 1.84. The number of H-pyrrole nitrogens is 1. The van der Waals surface area contributed by atoms with E-state index in [1.807, 2.05) is 6.92 Å². The number of nitro groups is 1. The van der Waals surface area contributed by atoms with Crippen LogP contribution in [-0.2, 0) is 6.54 Å². The highest BCUT2D eigenvalue weighted by atomic mass is 32.1. The van der Waals surface area contributed by atoms with Gasteiger partial charge in [0.15, 0.2) is 15.7 Å². The first-order chi connectivity index (χ1) is 12.9. The van der Waals surface area contributed by atoms with E-state index in [0.29, 0.717) is 33.5 Å².